The van der Waals surface area contributed by atoms with Crippen molar-refractivity contribution in [2.24, 2.45) is 0 Å². The van der Waals surface area contributed by atoms with Gasteiger partial charge in [-0.05, 0) is 0 Å². The highest BCUT2D eigenvalue weighted by atomic mass is 16.7. The molecule has 3 fully saturated rings. The maximum absolute atomic E-state index is 11.6. The molecule has 0 unspecified atom stereocenters. The van der Waals surface area contributed by atoms with Crippen molar-refractivity contribution in [3.05, 3.63) is 0 Å². The van der Waals surface area contributed by atoms with E-state index in [1.54, 1.807) is 0 Å². The van der Waals surface area contributed by atoms with Crippen molar-refractivity contribution in [1.82, 2.24) is 5.32 Å². The van der Waals surface area contributed by atoms with Crippen molar-refractivity contribution < 1.29 is 79.5 Å². The Kier molecular flexibility index (Phi) is 10.5. The first kappa shape index (κ1) is 30.4. The zero-order valence-corrected chi connectivity index (χ0v) is 19.7. The Balaban J connectivity index is 1.76. The fraction of sp³-hybridized carbons (Fsp3) is 0.950. The number of nitrogens with one attached hydrogen (secondary N) is 1. The van der Waals surface area contributed by atoms with Gasteiger partial charge in [-0.2, -0.15) is 0 Å². The number of rotatable bonds is 8. The van der Waals surface area contributed by atoms with Gasteiger partial charge in [0.15, 0.2) is 18.9 Å². The number of amides is 1. The SMILES string of the molecule is CC(=O)N[C@@H]1[C@@H](O[C@@H]2O[C@H](CO)[C@@H](O[C@@H]3O[C@H](CO)[C@H](O)[C@H](O)[C@H]3O)[C@H](O)[C@H]2O)[C@H](O)[C@@H](CO)O[C@@H]1O. The number of aliphatic hydroxyl groups is 10. The van der Waals surface area contributed by atoms with Crippen molar-refractivity contribution in [1.29, 1.82) is 0 Å². The summed E-state index contributed by atoms with van der Waals surface area (Å²) in [6.45, 7) is -1.21. The molecule has 0 spiro atoms. The van der Waals surface area contributed by atoms with E-state index in [0.29, 0.717) is 0 Å². The molecule has 0 radical (unpaired) electrons. The molecule has 15 atom stereocenters. The smallest absolute Gasteiger partial charge is 0.217 e. The first-order valence-corrected chi connectivity index (χ1v) is 11.6. The Morgan fingerprint density at radius 1 is 0.649 bits per heavy atom. The molecule has 1 amide bonds. The zero-order valence-electron chi connectivity index (χ0n) is 19.7. The number of aliphatic hydroxyl groups excluding tert-OH is 10. The molecule has 37 heavy (non-hydrogen) atoms. The van der Waals surface area contributed by atoms with Gasteiger partial charge < -0.3 is 80.1 Å². The van der Waals surface area contributed by atoms with Crippen LogP contribution >= 0.6 is 0 Å². The van der Waals surface area contributed by atoms with Crippen LogP contribution in [0.4, 0.5) is 0 Å². The molecule has 0 aromatic rings. The predicted octanol–water partition coefficient (Wildman–Crippen LogP) is -7.43. The van der Waals surface area contributed by atoms with E-state index in [1.807, 2.05) is 0 Å². The second kappa shape index (κ2) is 12.8. The molecule has 17 heteroatoms. The monoisotopic (exact) mass is 545 g/mol. The molecular weight excluding hydrogens is 510 g/mol. The summed E-state index contributed by atoms with van der Waals surface area (Å²) in [7, 11) is 0. The summed E-state index contributed by atoms with van der Waals surface area (Å²) in [6.07, 6.45) is -23.3. The van der Waals surface area contributed by atoms with E-state index in [9.17, 15) is 55.9 Å². The van der Waals surface area contributed by atoms with E-state index in [1.165, 1.54) is 0 Å². The largest absolute Gasteiger partial charge is 0.394 e. The minimum absolute atomic E-state index is 0.637. The molecule has 0 bridgehead atoms. The van der Waals surface area contributed by atoms with Crippen molar-refractivity contribution >= 4 is 5.91 Å². The summed E-state index contributed by atoms with van der Waals surface area (Å²) in [5, 5.41) is 103. The lowest BCUT2D eigenvalue weighted by Crippen LogP contribution is -2.68. The van der Waals surface area contributed by atoms with Crippen molar-refractivity contribution in [2.75, 3.05) is 19.8 Å². The lowest BCUT2D eigenvalue weighted by atomic mass is 9.95. The van der Waals surface area contributed by atoms with Crippen LogP contribution in [0.3, 0.4) is 0 Å². The number of hydrogen-bond acceptors (Lipinski definition) is 16. The van der Waals surface area contributed by atoms with Gasteiger partial charge in [-0.15, -0.1) is 0 Å². The predicted molar refractivity (Wildman–Crippen MR) is 113 cm³/mol. The first-order chi connectivity index (χ1) is 17.4. The van der Waals surface area contributed by atoms with Crippen LogP contribution in [0.15, 0.2) is 0 Å². The molecule has 3 rings (SSSR count). The van der Waals surface area contributed by atoms with Gasteiger partial charge in [-0.1, -0.05) is 0 Å². The minimum atomic E-state index is -1.93. The van der Waals surface area contributed by atoms with Crippen LogP contribution in [0.5, 0.6) is 0 Å². The number of hydrogen-bond donors (Lipinski definition) is 11. The lowest BCUT2D eigenvalue weighted by molar-refractivity contribution is -0.372. The van der Waals surface area contributed by atoms with Crippen LogP contribution in [0.2, 0.25) is 0 Å². The van der Waals surface area contributed by atoms with E-state index in [4.69, 9.17) is 23.7 Å². The zero-order chi connectivity index (χ0) is 27.6. The molecule has 0 aromatic heterocycles. The summed E-state index contributed by atoms with van der Waals surface area (Å²) in [5.41, 5.74) is 0. The van der Waals surface area contributed by atoms with E-state index in [0.717, 1.165) is 6.92 Å². The van der Waals surface area contributed by atoms with Gasteiger partial charge in [0.1, 0.15) is 73.2 Å². The molecule has 3 aliphatic heterocycles. The Bertz CT molecular complexity index is 743. The normalized spacial score (nSPS) is 49.0. The highest BCUT2D eigenvalue weighted by molar-refractivity contribution is 5.73. The Morgan fingerprint density at radius 3 is 1.68 bits per heavy atom. The summed E-state index contributed by atoms with van der Waals surface area (Å²) < 4.78 is 26.9. The van der Waals surface area contributed by atoms with Crippen molar-refractivity contribution in [2.45, 2.75) is 99.0 Å². The molecule has 3 aliphatic rings. The molecular formula is C20H35NO16. The van der Waals surface area contributed by atoms with Crippen LogP contribution in [0.25, 0.3) is 0 Å². The van der Waals surface area contributed by atoms with Gasteiger partial charge in [0.05, 0.1) is 19.8 Å². The number of carbonyl (C=O) groups is 1. The van der Waals surface area contributed by atoms with Gasteiger partial charge in [-0.25, -0.2) is 0 Å². The van der Waals surface area contributed by atoms with Crippen LogP contribution in [0.1, 0.15) is 6.92 Å². The minimum Gasteiger partial charge on any atom is -0.394 e. The average Bonchev–Trinajstić information content (AvgIpc) is 2.87. The third-order valence-electron chi connectivity index (χ3n) is 6.49. The molecule has 216 valence electrons. The molecule has 0 aromatic carbocycles. The topological polar surface area (TPSA) is 278 Å². The van der Waals surface area contributed by atoms with E-state index < -0.39 is 118 Å². The fourth-order valence-electron chi connectivity index (χ4n) is 4.46. The maximum atomic E-state index is 11.6. The van der Waals surface area contributed by atoms with Gasteiger partial charge >= 0.3 is 0 Å². The van der Waals surface area contributed by atoms with Gasteiger partial charge in [-0.3, -0.25) is 4.79 Å². The molecule has 0 saturated carbocycles. The second-order valence-corrected chi connectivity index (χ2v) is 9.07. The standard InChI is InChI=1S/C20H35NO16/c1-5(25)21-9-17(11(27)7(3-23)33-18(9)32)37-20-15(31)13(29)16(8(4-24)35-20)36-19-14(30)12(28)10(26)6(2-22)34-19/h6-20,22-24,26-32H,2-4H2,1H3,(H,21,25)/t6-,7-,8-,9-,10+,11-,12+,13-,14-,15-,16-,17-,18+,19+,20+/m1/s1. The van der Waals surface area contributed by atoms with Gasteiger partial charge in [0.2, 0.25) is 5.91 Å². The van der Waals surface area contributed by atoms with Crippen LogP contribution < -0.4 is 5.32 Å². The molecule has 3 saturated heterocycles. The third kappa shape index (κ3) is 6.38. The van der Waals surface area contributed by atoms with E-state index in [-0.39, 0.29) is 0 Å². The van der Waals surface area contributed by atoms with Crippen LogP contribution in [-0.4, -0.2) is 169 Å². The van der Waals surface area contributed by atoms with E-state index in [2.05, 4.69) is 5.32 Å². The maximum Gasteiger partial charge on any atom is 0.217 e. The highest BCUT2D eigenvalue weighted by Gasteiger charge is 2.53. The third-order valence-corrected chi connectivity index (χ3v) is 6.49. The summed E-state index contributed by atoms with van der Waals surface area (Å²) in [6, 6.07) is -1.39. The molecule has 17 nitrogen and oxygen atoms in total. The molecule has 0 aliphatic carbocycles. The first-order valence-electron chi connectivity index (χ1n) is 11.6. The second-order valence-electron chi connectivity index (χ2n) is 9.07. The van der Waals surface area contributed by atoms with Crippen LogP contribution in [0, 0.1) is 0 Å². The van der Waals surface area contributed by atoms with Gasteiger partial charge in [0.25, 0.3) is 0 Å². The number of ether oxygens (including phenoxy) is 5. The lowest BCUT2D eigenvalue weighted by Gasteiger charge is -2.48. The Hall–Kier alpha value is -1.13. The van der Waals surface area contributed by atoms with Gasteiger partial charge in [0, 0.05) is 6.92 Å². The molecule has 3 heterocycles. The Morgan fingerprint density at radius 2 is 1.14 bits per heavy atom. The summed E-state index contributed by atoms with van der Waals surface area (Å²) >= 11 is 0. The summed E-state index contributed by atoms with van der Waals surface area (Å²) in [5.74, 6) is -0.637. The average molecular weight is 545 g/mol. The molecule has 11 N–H and O–H groups in total. The Labute approximate surface area is 210 Å². The highest BCUT2D eigenvalue weighted by Crippen LogP contribution is 2.32. The van der Waals surface area contributed by atoms with Crippen molar-refractivity contribution in [3.8, 4) is 0 Å². The van der Waals surface area contributed by atoms with Crippen molar-refractivity contribution in [3.63, 3.8) is 0 Å². The number of carbonyl (C=O) groups excluding carboxylic acids is 1. The van der Waals surface area contributed by atoms with E-state index >= 15 is 0 Å². The van der Waals surface area contributed by atoms with Crippen LogP contribution in [-0.2, 0) is 28.5 Å². The quantitative estimate of drug-likeness (QED) is 0.135. The fourth-order valence-corrected chi connectivity index (χ4v) is 4.46. The summed E-state index contributed by atoms with van der Waals surface area (Å²) in [4.78, 5) is 11.6.